The van der Waals surface area contributed by atoms with Crippen LogP contribution in [0.15, 0.2) is 78.4 Å². The van der Waals surface area contributed by atoms with Crippen LogP contribution >= 0.6 is 23.2 Å². The molecule has 7 nitrogen and oxygen atoms in total. The third-order valence-corrected chi connectivity index (χ3v) is 12.1. The van der Waals surface area contributed by atoms with Crippen molar-refractivity contribution < 1.29 is 46.2 Å². The summed E-state index contributed by atoms with van der Waals surface area (Å²) in [6, 6.07) is 18.2. The smallest absolute Gasteiger partial charge is 0.258 e. The number of benzene rings is 4. The van der Waals surface area contributed by atoms with E-state index < -0.39 is 104 Å². The van der Waals surface area contributed by atoms with E-state index >= 15 is 8.78 Å². The molecule has 3 fully saturated rings. The largest absolute Gasteiger partial charge is 0.508 e. The molecule has 8 rings (SSSR count). The zero-order chi connectivity index (χ0) is 36.3. The summed E-state index contributed by atoms with van der Waals surface area (Å²) in [7, 11) is 0. The summed E-state index contributed by atoms with van der Waals surface area (Å²) >= 11 is 14.5. The Hall–Kier alpha value is -4.81. The number of carbonyl (C=O) groups is 4. The third-order valence-electron chi connectivity index (χ3n) is 10.7. The maximum Gasteiger partial charge on any atom is 0.258 e. The first kappa shape index (κ1) is 33.3. The minimum atomic E-state index is -2.75. The van der Waals surface area contributed by atoms with Gasteiger partial charge in [0, 0.05) is 11.5 Å². The number of amides is 4. The lowest BCUT2D eigenvalue weighted by Gasteiger charge is -2.51. The summed E-state index contributed by atoms with van der Waals surface area (Å²) in [6.07, 6.45) is 0.941. The van der Waals surface area contributed by atoms with E-state index in [4.69, 9.17) is 23.2 Å². The molecule has 0 radical (unpaired) electrons. The van der Waals surface area contributed by atoms with Crippen LogP contribution in [0.25, 0.3) is 10.8 Å². The molecule has 2 aliphatic heterocycles. The highest BCUT2D eigenvalue weighted by atomic mass is 35.5. The fourth-order valence-corrected chi connectivity index (χ4v) is 9.38. The second kappa shape index (κ2) is 11.3. The molecule has 4 aliphatic rings. The minimum absolute atomic E-state index is 0.0138. The van der Waals surface area contributed by atoms with Crippen LogP contribution < -0.4 is 4.90 Å². The standard InChI is InChI=1S/C37H23Cl2F5N2O5/c38-36-14-21-19(11-12-20-23(21)33(49)45(32(20)48)15-16-6-2-1-3-7-16)25(24-18-9-5-4-8-17(18)10-13-22(24)47)37(36,39)35(51)46(34(36)50)31-29(43)27(41)26(40)28(42)30(31)44/h1-11,13,20-21,23,25,47H,12,14-15H2/t20-,21+,23-,25+,36+,37-/m0/s1. The zero-order valence-electron chi connectivity index (χ0n) is 26.0. The van der Waals surface area contributed by atoms with Gasteiger partial charge >= 0.3 is 0 Å². The van der Waals surface area contributed by atoms with Crippen LogP contribution in [0.5, 0.6) is 5.75 Å². The van der Waals surface area contributed by atoms with E-state index in [1.54, 1.807) is 66.7 Å². The number of phenolic OH excluding ortho intramolecular Hbond substituents is 1. The van der Waals surface area contributed by atoms with Crippen LogP contribution in [-0.4, -0.2) is 43.4 Å². The first-order chi connectivity index (χ1) is 24.2. The van der Waals surface area contributed by atoms with Crippen molar-refractivity contribution in [1.29, 1.82) is 0 Å². The molecule has 6 atom stereocenters. The molecule has 14 heteroatoms. The molecule has 1 N–H and O–H groups in total. The van der Waals surface area contributed by atoms with Gasteiger partial charge in [0.25, 0.3) is 11.8 Å². The number of nitrogens with zero attached hydrogens (tertiary/aromatic N) is 2. The third kappa shape index (κ3) is 4.29. The van der Waals surface area contributed by atoms with Crippen LogP contribution in [-0.2, 0) is 25.7 Å². The normalized spacial score (nSPS) is 28.6. The second-order valence-electron chi connectivity index (χ2n) is 13.2. The quantitative estimate of drug-likeness (QED) is 0.0607. The van der Waals surface area contributed by atoms with Gasteiger partial charge in [-0.2, -0.15) is 0 Å². The number of imide groups is 2. The first-order valence-electron chi connectivity index (χ1n) is 15.8. The molecule has 0 bridgehead atoms. The average molecular weight is 741 g/mol. The Morgan fingerprint density at radius 1 is 0.745 bits per heavy atom. The van der Waals surface area contributed by atoms with Gasteiger partial charge in [-0.25, -0.2) is 26.9 Å². The molecule has 2 heterocycles. The lowest BCUT2D eigenvalue weighted by atomic mass is 9.56. The Morgan fingerprint density at radius 2 is 1.37 bits per heavy atom. The lowest BCUT2D eigenvalue weighted by molar-refractivity contribution is -0.141. The van der Waals surface area contributed by atoms with E-state index in [0.717, 1.165) is 4.90 Å². The molecule has 2 saturated heterocycles. The first-order valence-corrected chi connectivity index (χ1v) is 16.6. The fourth-order valence-electron chi connectivity index (χ4n) is 8.46. The number of fused-ring (bicyclic) bond motifs is 5. The number of aromatic hydroxyl groups is 1. The van der Waals surface area contributed by atoms with E-state index in [1.165, 1.54) is 6.07 Å². The summed E-state index contributed by atoms with van der Waals surface area (Å²) < 4.78 is 73.8. The van der Waals surface area contributed by atoms with E-state index in [-0.39, 0.29) is 29.0 Å². The van der Waals surface area contributed by atoms with Crippen molar-refractivity contribution >= 4 is 63.3 Å². The van der Waals surface area contributed by atoms with Crippen LogP contribution in [0.4, 0.5) is 27.6 Å². The van der Waals surface area contributed by atoms with Gasteiger partial charge in [0.2, 0.25) is 17.6 Å². The Bertz CT molecular complexity index is 2260. The van der Waals surface area contributed by atoms with Crippen LogP contribution in [0.1, 0.15) is 29.9 Å². The van der Waals surface area contributed by atoms with Gasteiger partial charge in [-0.3, -0.25) is 24.1 Å². The molecule has 0 unspecified atom stereocenters. The Kier molecular flexibility index (Phi) is 7.42. The number of hydrogen-bond donors (Lipinski definition) is 1. The van der Waals surface area contributed by atoms with Crippen LogP contribution in [0.3, 0.4) is 0 Å². The maximum atomic E-state index is 15.3. The van der Waals surface area contributed by atoms with Gasteiger partial charge in [0.15, 0.2) is 33.0 Å². The molecule has 2 aliphatic carbocycles. The molecule has 260 valence electrons. The van der Waals surface area contributed by atoms with E-state index in [1.807, 2.05) is 0 Å². The predicted octanol–water partition coefficient (Wildman–Crippen LogP) is 7.00. The monoisotopic (exact) mass is 740 g/mol. The van der Waals surface area contributed by atoms with E-state index in [0.29, 0.717) is 16.3 Å². The molecule has 4 amide bonds. The number of carbonyl (C=O) groups excluding carboxylic acids is 4. The summed E-state index contributed by atoms with van der Waals surface area (Å²) in [5.74, 6) is -21.7. The number of alkyl halides is 2. The number of anilines is 1. The number of likely N-dealkylation sites (tertiary alicyclic amines) is 1. The van der Waals surface area contributed by atoms with Crippen molar-refractivity contribution in [2.24, 2.45) is 17.8 Å². The number of halogens is 7. The zero-order valence-corrected chi connectivity index (χ0v) is 27.5. The highest BCUT2D eigenvalue weighted by molar-refractivity contribution is 6.58. The highest BCUT2D eigenvalue weighted by Crippen LogP contribution is 2.67. The van der Waals surface area contributed by atoms with Crippen molar-refractivity contribution in [2.75, 3.05) is 4.90 Å². The van der Waals surface area contributed by atoms with Crippen molar-refractivity contribution in [3.63, 3.8) is 0 Å². The van der Waals surface area contributed by atoms with Gasteiger partial charge in [0.05, 0.1) is 18.4 Å². The minimum Gasteiger partial charge on any atom is -0.508 e. The second-order valence-corrected chi connectivity index (χ2v) is 14.4. The van der Waals surface area contributed by atoms with Gasteiger partial charge in [-0.1, -0.05) is 72.3 Å². The average Bonchev–Trinajstić information content (AvgIpc) is 3.45. The topological polar surface area (TPSA) is 95.0 Å². The predicted molar refractivity (Wildman–Crippen MR) is 174 cm³/mol. The van der Waals surface area contributed by atoms with Gasteiger partial charge in [-0.05, 0) is 41.2 Å². The summed E-state index contributed by atoms with van der Waals surface area (Å²) in [5.41, 5.74) is -0.984. The molecule has 0 aromatic heterocycles. The van der Waals surface area contributed by atoms with Gasteiger partial charge in [-0.15, -0.1) is 23.2 Å². The van der Waals surface area contributed by atoms with Crippen LogP contribution in [0.2, 0.25) is 0 Å². The van der Waals surface area contributed by atoms with E-state index in [2.05, 4.69) is 0 Å². The molecule has 1 saturated carbocycles. The number of phenols is 1. The number of allylic oxidation sites excluding steroid dienone is 2. The molecular weight excluding hydrogens is 718 g/mol. The fraction of sp³-hybridized carbons (Fsp3) is 0.243. The van der Waals surface area contributed by atoms with Crippen LogP contribution in [0, 0.1) is 46.8 Å². The summed E-state index contributed by atoms with van der Waals surface area (Å²) in [4.78, 5) is 52.4. The molecule has 4 aromatic rings. The van der Waals surface area contributed by atoms with Crippen molar-refractivity contribution in [2.45, 2.75) is 35.1 Å². The highest BCUT2D eigenvalue weighted by Gasteiger charge is 2.77. The Morgan fingerprint density at radius 3 is 2.06 bits per heavy atom. The van der Waals surface area contributed by atoms with Gasteiger partial charge in [0.1, 0.15) is 11.4 Å². The summed E-state index contributed by atoms with van der Waals surface area (Å²) in [6.45, 7) is -0.0575. The van der Waals surface area contributed by atoms with Gasteiger partial charge < -0.3 is 5.11 Å². The molecule has 51 heavy (non-hydrogen) atoms. The maximum absolute atomic E-state index is 15.3. The van der Waals surface area contributed by atoms with Crippen molar-refractivity contribution in [3.8, 4) is 5.75 Å². The van der Waals surface area contributed by atoms with Crippen molar-refractivity contribution in [3.05, 3.63) is 119 Å². The lowest BCUT2D eigenvalue weighted by Crippen LogP contribution is -2.60. The molecule has 4 aromatic carbocycles. The van der Waals surface area contributed by atoms with Crippen molar-refractivity contribution in [1.82, 2.24) is 4.90 Å². The number of rotatable bonds is 4. The SMILES string of the molecule is O=C1[C@H]2[C@H](CC=C3[C@H]2C[C@@]2(Cl)C(=O)N(c4c(F)c(F)c(F)c(F)c4F)C(=O)[C@@]2(Cl)[C@H]3c2c(O)ccc3ccccc23)C(=O)N1Cc1ccccc1. The van der Waals surface area contributed by atoms with E-state index in [9.17, 15) is 37.5 Å². The molecule has 0 spiro atoms. The molecular formula is C37H23Cl2F5N2O5. The summed E-state index contributed by atoms with van der Waals surface area (Å²) in [5, 5.41) is 12.3. The number of hydrogen-bond acceptors (Lipinski definition) is 5. The Balaban J connectivity index is 1.35. The Labute approximate surface area is 295 Å².